The molecule has 2 heterocycles. The molecule has 0 unspecified atom stereocenters. The van der Waals surface area contributed by atoms with Crippen molar-refractivity contribution < 1.29 is 9.59 Å². The highest BCUT2D eigenvalue weighted by Gasteiger charge is 2.50. The average molecular weight is 267 g/mol. The number of aromatic nitrogens is 2. The molecule has 2 aromatic rings. The quantitative estimate of drug-likeness (QED) is 0.792. The van der Waals surface area contributed by atoms with Gasteiger partial charge in [0.05, 0.1) is 23.7 Å². The summed E-state index contributed by atoms with van der Waals surface area (Å²) < 4.78 is 0. The van der Waals surface area contributed by atoms with Crippen LogP contribution in [-0.4, -0.2) is 22.0 Å². The van der Waals surface area contributed by atoms with Gasteiger partial charge in [0, 0.05) is 12.1 Å². The topological polar surface area (TPSA) is 66.1 Å². The number of carbonyl (C=O) groups is 2. The zero-order chi connectivity index (χ0) is 13.7. The molecule has 2 atom stereocenters. The van der Waals surface area contributed by atoms with E-state index in [1.54, 1.807) is 18.3 Å². The third-order valence-electron chi connectivity index (χ3n) is 4.25. The van der Waals surface area contributed by atoms with Crippen molar-refractivity contribution in [3.63, 3.8) is 0 Å². The van der Waals surface area contributed by atoms with Crippen molar-refractivity contribution in [1.29, 1.82) is 0 Å². The van der Waals surface area contributed by atoms with E-state index in [0.29, 0.717) is 18.5 Å². The number of hydrogen-bond donors (Lipinski definition) is 1. The van der Waals surface area contributed by atoms with Gasteiger partial charge in [0.1, 0.15) is 0 Å². The van der Waals surface area contributed by atoms with Gasteiger partial charge in [0.15, 0.2) is 0 Å². The molecule has 4 rings (SSSR count). The van der Waals surface area contributed by atoms with E-state index in [4.69, 9.17) is 0 Å². The lowest BCUT2D eigenvalue weighted by atomic mass is 9.80. The van der Waals surface area contributed by atoms with Crippen LogP contribution >= 0.6 is 0 Å². The first kappa shape index (κ1) is 11.4. The number of rotatable bonds is 1. The molecule has 0 saturated carbocycles. The van der Waals surface area contributed by atoms with Crippen LogP contribution in [0.1, 0.15) is 11.3 Å². The number of H-pyrrole nitrogens is 1. The Hall–Kier alpha value is -2.43. The lowest BCUT2D eigenvalue weighted by Gasteiger charge is -2.20. The number of benzene rings is 1. The highest BCUT2D eigenvalue weighted by Crippen LogP contribution is 2.38. The third-order valence-corrected chi connectivity index (χ3v) is 4.25. The van der Waals surface area contributed by atoms with Crippen LogP contribution in [0.15, 0.2) is 36.5 Å². The Morgan fingerprint density at radius 3 is 2.50 bits per heavy atom. The number of para-hydroxylation sites is 1. The maximum absolute atomic E-state index is 12.6. The van der Waals surface area contributed by atoms with Crippen LogP contribution < -0.4 is 4.90 Å². The molecule has 1 aromatic heterocycles. The molecular weight excluding hydrogens is 254 g/mol. The standard InChI is InChI=1S/C15H13N3O2/c19-14-11-6-9-8-16-17-13(9)7-12(11)15(20)18(14)10-4-2-1-3-5-10/h1-5,8,11-12H,6-7H2,(H,16,17)/t11-,12+/m1/s1. The number of imide groups is 1. The Kier molecular flexibility index (Phi) is 2.30. The van der Waals surface area contributed by atoms with Gasteiger partial charge < -0.3 is 0 Å². The van der Waals surface area contributed by atoms with Crippen molar-refractivity contribution >= 4 is 17.5 Å². The zero-order valence-electron chi connectivity index (χ0n) is 10.7. The fourth-order valence-corrected chi connectivity index (χ4v) is 3.22. The minimum Gasteiger partial charge on any atom is -0.282 e. The first-order valence-corrected chi connectivity index (χ1v) is 6.69. The zero-order valence-corrected chi connectivity index (χ0v) is 10.7. The summed E-state index contributed by atoms with van der Waals surface area (Å²) in [5.74, 6) is -0.673. The molecule has 5 heteroatoms. The predicted molar refractivity (Wildman–Crippen MR) is 71.9 cm³/mol. The van der Waals surface area contributed by atoms with E-state index in [0.717, 1.165) is 11.3 Å². The van der Waals surface area contributed by atoms with E-state index < -0.39 is 0 Å². The minimum absolute atomic E-state index is 0.0851. The number of amides is 2. The van der Waals surface area contributed by atoms with Crippen LogP contribution in [0.5, 0.6) is 0 Å². The fourth-order valence-electron chi connectivity index (χ4n) is 3.22. The van der Waals surface area contributed by atoms with Crippen molar-refractivity contribution in [2.45, 2.75) is 12.8 Å². The number of anilines is 1. The SMILES string of the molecule is O=C1[C@H]2Cc3[nH]ncc3C[C@H]2C(=O)N1c1ccccc1. The normalized spacial score (nSPS) is 24.7. The minimum atomic E-state index is -0.254. The molecule has 1 aromatic carbocycles. The maximum atomic E-state index is 12.6. The number of nitrogens with zero attached hydrogens (tertiary/aromatic N) is 2. The average Bonchev–Trinajstić information content (AvgIpc) is 3.02. The Morgan fingerprint density at radius 2 is 1.75 bits per heavy atom. The molecule has 1 aliphatic heterocycles. The molecule has 1 aliphatic carbocycles. The molecule has 0 bridgehead atoms. The summed E-state index contributed by atoms with van der Waals surface area (Å²) in [4.78, 5) is 26.5. The summed E-state index contributed by atoms with van der Waals surface area (Å²) in [6, 6.07) is 9.15. The second kappa shape index (κ2) is 4.03. The summed E-state index contributed by atoms with van der Waals surface area (Å²) in [5.41, 5.74) is 2.71. The molecule has 100 valence electrons. The maximum Gasteiger partial charge on any atom is 0.238 e. The highest BCUT2D eigenvalue weighted by atomic mass is 16.2. The van der Waals surface area contributed by atoms with E-state index in [1.807, 2.05) is 18.2 Å². The van der Waals surface area contributed by atoms with E-state index in [2.05, 4.69) is 10.2 Å². The molecule has 1 saturated heterocycles. The number of aromatic amines is 1. The Bertz CT molecular complexity index is 654. The van der Waals surface area contributed by atoms with Crippen LogP contribution in [0, 0.1) is 11.8 Å². The van der Waals surface area contributed by atoms with Crippen LogP contribution in [0.25, 0.3) is 0 Å². The van der Waals surface area contributed by atoms with Crippen LogP contribution in [0.4, 0.5) is 5.69 Å². The fraction of sp³-hybridized carbons (Fsp3) is 0.267. The Labute approximate surface area is 115 Å². The molecule has 0 spiro atoms. The second-order valence-corrected chi connectivity index (χ2v) is 5.34. The van der Waals surface area contributed by atoms with E-state index in [9.17, 15) is 9.59 Å². The first-order chi connectivity index (χ1) is 9.75. The van der Waals surface area contributed by atoms with Crippen molar-refractivity contribution in [2.24, 2.45) is 11.8 Å². The molecular formula is C15H13N3O2. The molecule has 0 radical (unpaired) electrons. The monoisotopic (exact) mass is 267 g/mol. The lowest BCUT2D eigenvalue weighted by Crippen LogP contribution is -2.31. The largest absolute Gasteiger partial charge is 0.282 e. The van der Waals surface area contributed by atoms with Crippen LogP contribution in [-0.2, 0) is 22.4 Å². The number of nitrogens with one attached hydrogen (secondary N) is 1. The Morgan fingerprint density at radius 1 is 1.05 bits per heavy atom. The smallest absolute Gasteiger partial charge is 0.238 e. The van der Waals surface area contributed by atoms with E-state index >= 15 is 0 Å². The van der Waals surface area contributed by atoms with E-state index in [-0.39, 0.29) is 23.7 Å². The number of hydrogen-bond acceptors (Lipinski definition) is 3. The summed E-state index contributed by atoms with van der Waals surface area (Å²) in [6.45, 7) is 0. The molecule has 2 amide bonds. The molecule has 1 N–H and O–H groups in total. The predicted octanol–water partition coefficient (Wildman–Crippen LogP) is 1.31. The van der Waals surface area contributed by atoms with Crippen LogP contribution in [0.2, 0.25) is 0 Å². The summed E-state index contributed by atoms with van der Waals surface area (Å²) in [6.07, 6.45) is 2.94. The van der Waals surface area contributed by atoms with Gasteiger partial charge in [-0.15, -0.1) is 0 Å². The van der Waals surface area contributed by atoms with Gasteiger partial charge in [-0.05, 0) is 24.1 Å². The summed E-state index contributed by atoms with van der Waals surface area (Å²) >= 11 is 0. The molecule has 5 nitrogen and oxygen atoms in total. The van der Waals surface area contributed by atoms with Crippen molar-refractivity contribution in [2.75, 3.05) is 4.90 Å². The summed E-state index contributed by atoms with van der Waals surface area (Å²) in [7, 11) is 0. The van der Waals surface area contributed by atoms with Crippen molar-refractivity contribution in [3.05, 3.63) is 47.8 Å². The lowest BCUT2D eigenvalue weighted by molar-refractivity contribution is -0.122. The van der Waals surface area contributed by atoms with Gasteiger partial charge in [-0.1, -0.05) is 18.2 Å². The Balaban J connectivity index is 1.73. The molecule has 20 heavy (non-hydrogen) atoms. The van der Waals surface area contributed by atoms with Crippen molar-refractivity contribution in [3.8, 4) is 0 Å². The highest BCUT2D eigenvalue weighted by molar-refractivity contribution is 6.22. The van der Waals surface area contributed by atoms with Crippen molar-refractivity contribution in [1.82, 2.24) is 10.2 Å². The number of fused-ring (bicyclic) bond motifs is 2. The van der Waals surface area contributed by atoms with Gasteiger partial charge in [-0.3, -0.25) is 19.6 Å². The van der Waals surface area contributed by atoms with E-state index in [1.165, 1.54) is 4.90 Å². The van der Waals surface area contributed by atoms with Gasteiger partial charge in [-0.2, -0.15) is 5.10 Å². The van der Waals surface area contributed by atoms with Gasteiger partial charge in [-0.25, -0.2) is 0 Å². The summed E-state index contributed by atoms with van der Waals surface area (Å²) in [5, 5.41) is 6.93. The van der Waals surface area contributed by atoms with Gasteiger partial charge in [0.25, 0.3) is 0 Å². The van der Waals surface area contributed by atoms with Gasteiger partial charge in [0.2, 0.25) is 11.8 Å². The molecule has 2 aliphatic rings. The first-order valence-electron chi connectivity index (χ1n) is 6.69. The third kappa shape index (κ3) is 1.46. The molecule has 1 fully saturated rings. The second-order valence-electron chi connectivity index (χ2n) is 5.34. The number of carbonyl (C=O) groups excluding carboxylic acids is 2. The van der Waals surface area contributed by atoms with Gasteiger partial charge >= 0.3 is 0 Å². The van der Waals surface area contributed by atoms with Crippen LogP contribution in [0.3, 0.4) is 0 Å².